The van der Waals surface area contributed by atoms with Crippen molar-refractivity contribution in [2.75, 3.05) is 26.1 Å². The Balaban J connectivity index is 1.63. The minimum atomic E-state index is -0.383. The Morgan fingerprint density at radius 3 is 2.53 bits per heavy atom. The number of ether oxygens (including phenoxy) is 2. The van der Waals surface area contributed by atoms with Crippen LogP contribution >= 0.6 is 24.0 Å². The number of halogens is 1. The van der Waals surface area contributed by atoms with Crippen LogP contribution in [0.25, 0.3) is 6.08 Å². The molecular formula is C21H19FN2O4S2. The number of carbonyl (C=O) groups excluding carboxylic acids is 2. The quantitative estimate of drug-likeness (QED) is 0.511. The molecule has 2 amide bonds. The van der Waals surface area contributed by atoms with Crippen molar-refractivity contribution in [3.8, 4) is 11.5 Å². The lowest BCUT2D eigenvalue weighted by Gasteiger charge is -2.14. The van der Waals surface area contributed by atoms with Crippen LogP contribution in [0.3, 0.4) is 0 Å². The van der Waals surface area contributed by atoms with Crippen molar-refractivity contribution in [1.29, 1.82) is 0 Å². The zero-order valence-corrected chi connectivity index (χ0v) is 17.9. The summed E-state index contributed by atoms with van der Waals surface area (Å²) in [6.45, 7) is 0.154. The van der Waals surface area contributed by atoms with Gasteiger partial charge in [-0.1, -0.05) is 30.0 Å². The summed E-state index contributed by atoms with van der Waals surface area (Å²) in [4.78, 5) is 26.7. The van der Waals surface area contributed by atoms with Crippen LogP contribution in [0.4, 0.5) is 10.1 Å². The molecule has 6 nitrogen and oxygen atoms in total. The van der Waals surface area contributed by atoms with E-state index in [2.05, 4.69) is 5.32 Å². The van der Waals surface area contributed by atoms with Crippen molar-refractivity contribution in [1.82, 2.24) is 4.90 Å². The zero-order chi connectivity index (χ0) is 21.7. The molecule has 0 radical (unpaired) electrons. The molecule has 1 heterocycles. The maximum Gasteiger partial charge on any atom is 0.266 e. The molecule has 0 spiro atoms. The minimum absolute atomic E-state index is 0.0630. The maximum absolute atomic E-state index is 12.9. The van der Waals surface area contributed by atoms with Gasteiger partial charge in [0, 0.05) is 18.7 Å². The summed E-state index contributed by atoms with van der Waals surface area (Å²) >= 11 is 6.48. The Morgan fingerprint density at radius 1 is 1.17 bits per heavy atom. The molecule has 1 fully saturated rings. The van der Waals surface area contributed by atoms with Crippen LogP contribution in [0.2, 0.25) is 0 Å². The van der Waals surface area contributed by atoms with Crippen LogP contribution < -0.4 is 14.8 Å². The van der Waals surface area contributed by atoms with Gasteiger partial charge in [0.15, 0.2) is 11.5 Å². The number of amides is 2. The average molecular weight is 447 g/mol. The fourth-order valence-corrected chi connectivity index (χ4v) is 4.07. The molecule has 0 aromatic heterocycles. The van der Waals surface area contributed by atoms with Crippen LogP contribution in [0, 0.1) is 5.82 Å². The molecule has 1 aliphatic rings. The molecule has 0 bridgehead atoms. The first-order valence-corrected chi connectivity index (χ1v) is 10.2. The molecular weight excluding hydrogens is 427 g/mol. The molecule has 156 valence electrons. The molecule has 2 aromatic rings. The van der Waals surface area contributed by atoms with E-state index < -0.39 is 0 Å². The van der Waals surface area contributed by atoms with Gasteiger partial charge in [-0.25, -0.2) is 4.39 Å². The number of hydrogen-bond acceptors (Lipinski definition) is 6. The van der Waals surface area contributed by atoms with Crippen molar-refractivity contribution in [3.63, 3.8) is 0 Å². The summed E-state index contributed by atoms with van der Waals surface area (Å²) in [7, 11) is 3.09. The number of thiocarbonyl (C=S) groups is 1. The number of thioether (sulfide) groups is 1. The monoisotopic (exact) mass is 446 g/mol. The van der Waals surface area contributed by atoms with E-state index in [9.17, 15) is 14.0 Å². The van der Waals surface area contributed by atoms with Gasteiger partial charge in [-0.15, -0.1) is 0 Å². The third kappa shape index (κ3) is 5.17. The van der Waals surface area contributed by atoms with Gasteiger partial charge < -0.3 is 14.8 Å². The van der Waals surface area contributed by atoms with Gasteiger partial charge in [0.25, 0.3) is 5.91 Å². The van der Waals surface area contributed by atoms with Crippen LogP contribution in [0.15, 0.2) is 47.4 Å². The third-order valence-corrected chi connectivity index (χ3v) is 5.65. The molecule has 3 rings (SSSR count). The normalized spacial score (nSPS) is 14.9. The highest BCUT2D eigenvalue weighted by Crippen LogP contribution is 2.34. The number of nitrogens with one attached hydrogen (secondary N) is 1. The molecule has 0 aliphatic carbocycles. The van der Waals surface area contributed by atoms with Crippen molar-refractivity contribution in [3.05, 3.63) is 58.8 Å². The Labute approximate surface area is 183 Å². The van der Waals surface area contributed by atoms with Crippen LogP contribution in [0.5, 0.6) is 11.5 Å². The standard InChI is InChI=1S/C21H19FN2O4S2/c1-27-16-8-3-13(11-17(16)28-2)12-18-20(26)24(21(29)30-18)10-9-19(25)23-15-6-4-14(22)5-7-15/h3-8,11-12H,9-10H2,1-2H3,(H,23,25)/b18-12-. The van der Waals surface area contributed by atoms with Crippen LogP contribution in [-0.4, -0.2) is 41.8 Å². The van der Waals surface area contributed by atoms with Crippen molar-refractivity contribution in [2.45, 2.75) is 6.42 Å². The maximum atomic E-state index is 12.9. The smallest absolute Gasteiger partial charge is 0.266 e. The molecule has 2 aromatic carbocycles. The summed E-state index contributed by atoms with van der Waals surface area (Å²) < 4.78 is 23.8. The molecule has 1 N–H and O–H groups in total. The summed E-state index contributed by atoms with van der Waals surface area (Å²) in [5.41, 5.74) is 1.25. The van der Waals surface area contributed by atoms with E-state index in [1.54, 1.807) is 25.3 Å². The molecule has 0 atom stereocenters. The average Bonchev–Trinajstić information content (AvgIpc) is 3.00. The number of rotatable bonds is 7. The fraction of sp³-hybridized carbons (Fsp3) is 0.190. The number of hydrogen-bond donors (Lipinski definition) is 1. The first-order valence-electron chi connectivity index (χ1n) is 8.94. The van der Waals surface area contributed by atoms with Gasteiger partial charge in [-0.2, -0.15) is 0 Å². The summed E-state index contributed by atoms with van der Waals surface area (Å²) in [5, 5.41) is 2.66. The topological polar surface area (TPSA) is 67.9 Å². The summed E-state index contributed by atoms with van der Waals surface area (Å²) in [6.07, 6.45) is 1.79. The van der Waals surface area contributed by atoms with Gasteiger partial charge in [-0.05, 0) is 48.0 Å². The van der Waals surface area contributed by atoms with Gasteiger partial charge in [-0.3, -0.25) is 14.5 Å². The van der Waals surface area contributed by atoms with Gasteiger partial charge >= 0.3 is 0 Å². The molecule has 1 saturated heterocycles. The molecule has 1 aliphatic heterocycles. The van der Waals surface area contributed by atoms with Crippen molar-refractivity contribution >= 4 is 51.9 Å². The van der Waals surface area contributed by atoms with Crippen LogP contribution in [0.1, 0.15) is 12.0 Å². The highest BCUT2D eigenvalue weighted by atomic mass is 32.2. The van der Waals surface area contributed by atoms with Gasteiger partial charge in [0.2, 0.25) is 5.91 Å². The second-order valence-electron chi connectivity index (χ2n) is 6.25. The van der Waals surface area contributed by atoms with E-state index in [0.29, 0.717) is 26.4 Å². The second-order valence-corrected chi connectivity index (χ2v) is 7.93. The third-order valence-electron chi connectivity index (χ3n) is 4.27. The molecule has 9 heteroatoms. The lowest BCUT2D eigenvalue weighted by Crippen LogP contribution is -2.31. The van der Waals surface area contributed by atoms with Gasteiger partial charge in [0.1, 0.15) is 10.1 Å². The molecule has 0 saturated carbocycles. The lowest BCUT2D eigenvalue weighted by atomic mass is 10.2. The minimum Gasteiger partial charge on any atom is -0.493 e. The van der Waals surface area contributed by atoms with E-state index in [4.69, 9.17) is 21.7 Å². The van der Waals surface area contributed by atoms with Gasteiger partial charge in [0.05, 0.1) is 19.1 Å². The van der Waals surface area contributed by atoms with E-state index in [0.717, 1.165) is 5.56 Å². The summed E-state index contributed by atoms with van der Waals surface area (Å²) in [5.74, 6) is 0.217. The second kappa shape index (κ2) is 9.73. The Kier molecular flexibility index (Phi) is 7.07. The number of benzene rings is 2. The van der Waals surface area contributed by atoms with E-state index in [-0.39, 0.29) is 30.6 Å². The number of anilines is 1. The Bertz CT molecular complexity index is 1010. The molecule has 30 heavy (non-hydrogen) atoms. The summed E-state index contributed by atoms with van der Waals surface area (Å²) in [6, 6.07) is 10.8. The first-order chi connectivity index (χ1) is 14.4. The lowest BCUT2D eigenvalue weighted by molar-refractivity contribution is -0.122. The fourth-order valence-electron chi connectivity index (χ4n) is 2.76. The number of carbonyl (C=O) groups is 2. The first kappa shape index (κ1) is 21.8. The zero-order valence-electron chi connectivity index (χ0n) is 16.3. The largest absolute Gasteiger partial charge is 0.493 e. The highest BCUT2D eigenvalue weighted by molar-refractivity contribution is 8.26. The highest BCUT2D eigenvalue weighted by Gasteiger charge is 2.32. The Hall–Kier alpha value is -2.91. The number of nitrogens with zero attached hydrogens (tertiary/aromatic N) is 1. The predicted molar refractivity (Wildman–Crippen MR) is 119 cm³/mol. The molecule has 0 unspecified atom stereocenters. The van der Waals surface area contributed by atoms with E-state index >= 15 is 0 Å². The number of methoxy groups -OCH3 is 2. The van der Waals surface area contributed by atoms with E-state index in [1.165, 1.54) is 48.0 Å². The van der Waals surface area contributed by atoms with Crippen molar-refractivity contribution in [2.24, 2.45) is 0 Å². The predicted octanol–water partition coefficient (Wildman–Crippen LogP) is 4.07. The van der Waals surface area contributed by atoms with Crippen LogP contribution in [-0.2, 0) is 9.59 Å². The van der Waals surface area contributed by atoms with Crippen molar-refractivity contribution < 1.29 is 23.5 Å². The van der Waals surface area contributed by atoms with E-state index in [1.807, 2.05) is 6.07 Å². The Morgan fingerprint density at radius 2 is 1.87 bits per heavy atom. The SMILES string of the molecule is COc1ccc(/C=C2\SC(=S)N(CCC(=O)Nc3ccc(F)cc3)C2=O)cc1OC.